The molecular formula is C26H29FN2O2. The summed E-state index contributed by atoms with van der Waals surface area (Å²) in [5.41, 5.74) is 2.10. The van der Waals surface area contributed by atoms with Crippen LogP contribution in [0.3, 0.4) is 0 Å². The predicted molar refractivity (Wildman–Crippen MR) is 122 cm³/mol. The van der Waals surface area contributed by atoms with Gasteiger partial charge in [-0.2, -0.15) is 0 Å². The summed E-state index contributed by atoms with van der Waals surface area (Å²) < 4.78 is 19.2. The van der Waals surface area contributed by atoms with E-state index >= 15 is 0 Å². The van der Waals surface area contributed by atoms with E-state index in [2.05, 4.69) is 24.8 Å². The van der Waals surface area contributed by atoms with Crippen LogP contribution in [-0.2, 0) is 11.3 Å². The second-order valence-electron chi connectivity index (χ2n) is 8.52. The summed E-state index contributed by atoms with van der Waals surface area (Å²) in [7, 11) is 0. The molecule has 5 heteroatoms. The van der Waals surface area contributed by atoms with E-state index < -0.39 is 0 Å². The number of ether oxygens (including phenoxy) is 1. The fourth-order valence-corrected chi connectivity index (χ4v) is 4.35. The number of amides is 1. The molecule has 1 aliphatic heterocycles. The zero-order valence-electron chi connectivity index (χ0n) is 18.3. The highest BCUT2D eigenvalue weighted by molar-refractivity contribution is 5.90. The highest BCUT2D eigenvalue weighted by atomic mass is 19.1. The normalized spacial score (nSPS) is 19.5. The molecule has 3 aromatic rings. The van der Waals surface area contributed by atoms with Crippen molar-refractivity contribution >= 4 is 16.7 Å². The average Bonchev–Trinajstić information content (AvgIpc) is 2.76. The number of fused-ring (bicyclic) bond motifs is 1. The lowest BCUT2D eigenvalue weighted by atomic mass is 10.1. The minimum Gasteiger partial charge on any atom is -0.483 e. The Labute approximate surface area is 183 Å². The molecule has 1 amide bonds. The number of hydrogen-bond acceptors (Lipinski definition) is 3. The molecule has 0 bridgehead atoms. The molecule has 1 fully saturated rings. The highest BCUT2D eigenvalue weighted by Gasteiger charge is 2.32. The largest absolute Gasteiger partial charge is 0.483 e. The number of piperazine rings is 1. The standard InChI is InChI=1S/C26H29FN2O2/c1-18-8-11-22-6-4-5-7-24(22)26(18)31-17-25(30)29-15-19(2)28(14-20(29)3)16-21-9-12-23(27)13-10-21/h4-13,19-20H,14-17H2,1-3H3. The monoisotopic (exact) mass is 420 g/mol. The Bertz CT molecular complexity index is 1070. The molecule has 0 N–H and O–H groups in total. The number of halogens is 1. The highest BCUT2D eigenvalue weighted by Crippen LogP contribution is 2.29. The molecule has 4 rings (SSSR count). The molecular weight excluding hydrogens is 391 g/mol. The second kappa shape index (κ2) is 9.06. The minimum absolute atomic E-state index is 0.00752. The quantitative estimate of drug-likeness (QED) is 0.595. The van der Waals surface area contributed by atoms with Gasteiger partial charge in [-0.05, 0) is 49.4 Å². The van der Waals surface area contributed by atoms with Gasteiger partial charge < -0.3 is 9.64 Å². The van der Waals surface area contributed by atoms with Crippen LogP contribution in [0.2, 0.25) is 0 Å². The van der Waals surface area contributed by atoms with Crippen molar-refractivity contribution < 1.29 is 13.9 Å². The molecule has 1 saturated heterocycles. The Kier molecular flexibility index (Phi) is 6.23. The number of rotatable bonds is 5. The Morgan fingerprint density at radius 3 is 2.52 bits per heavy atom. The summed E-state index contributed by atoms with van der Waals surface area (Å²) in [6.45, 7) is 8.42. The number of nitrogens with zero attached hydrogens (tertiary/aromatic N) is 2. The molecule has 0 saturated carbocycles. The Balaban J connectivity index is 1.40. The Morgan fingerprint density at radius 2 is 1.74 bits per heavy atom. The van der Waals surface area contributed by atoms with E-state index in [0.29, 0.717) is 6.54 Å². The van der Waals surface area contributed by atoms with E-state index in [1.165, 1.54) is 12.1 Å². The van der Waals surface area contributed by atoms with Gasteiger partial charge in [-0.25, -0.2) is 4.39 Å². The first-order valence-electron chi connectivity index (χ1n) is 10.8. The molecule has 0 radical (unpaired) electrons. The first-order chi connectivity index (χ1) is 14.9. The van der Waals surface area contributed by atoms with E-state index in [1.807, 2.05) is 54.3 Å². The zero-order valence-corrected chi connectivity index (χ0v) is 18.3. The molecule has 3 aromatic carbocycles. The van der Waals surface area contributed by atoms with Gasteiger partial charge in [0.05, 0.1) is 0 Å². The van der Waals surface area contributed by atoms with Crippen molar-refractivity contribution in [1.82, 2.24) is 9.80 Å². The molecule has 162 valence electrons. The molecule has 0 spiro atoms. The summed E-state index contributed by atoms with van der Waals surface area (Å²) in [4.78, 5) is 17.3. The number of benzene rings is 3. The van der Waals surface area contributed by atoms with Crippen LogP contribution in [0, 0.1) is 12.7 Å². The van der Waals surface area contributed by atoms with E-state index in [1.54, 1.807) is 0 Å². The van der Waals surface area contributed by atoms with Crippen LogP contribution in [0.4, 0.5) is 4.39 Å². The lowest BCUT2D eigenvalue weighted by Gasteiger charge is -2.44. The van der Waals surface area contributed by atoms with Gasteiger partial charge in [-0.15, -0.1) is 0 Å². The minimum atomic E-state index is -0.220. The maximum Gasteiger partial charge on any atom is 0.260 e. The van der Waals surface area contributed by atoms with Crippen LogP contribution in [0.1, 0.15) is 25.0 Å². The van der Waals surface area contributed by atoms with Crippen LogP contribution in [0.5, 0.6) is 5.75 Å². The molecule has 4 nitrogen and oxygen atoms in total. The summed E-state index contributed by atoms with van der Waals surface area (Å²) >= 11 is 0. The van der Waals surface area contributed by atoms with Crippen molar-refractivity contribution in [3.8, 4) is 5.75 Å². The summed E-state index contributed by atoms with van der Waals surface area (Å²) in [5.74, 6) is 0.567. The molecule has 0 aromatic heterocycles. The first kappa shape index (κ1) is 21.3. The number of hydrogen-bond donors (Lipinski definition) is 0. The molecule has 1 heterocycles. The van der Waals surface area contributed by atoms with E-state index in [0.717, 1.165) is 40.7 Å². The van der Waals surface area contributed by atoms with Crippen LogP contribution in [-0.4, -0.2) is 47.5 Å². The van der Waals surface area contributed by atoms with Crippen molar-refractivity contribution in [3.05, 3.63) is 77.6 Å². The van der Waals surface area contributed by atoms with Gasteiger partial charge in [0, 0.05) is 37.1 Å². The van der Waals surface area contributed by atoms with E-state index in [9.17, 15) is 9.18 Å². The van der Waals surface area contributed by atoms with Crippen molar-refractivity contribution in [2.24, 2.45) is 0 Å². The van der Waals surface area contributed by atoms with Crippen molar-refractivity contribution in [2.75, 3.05) is 19.7 Å². The fourth-order valence-electron chi connectivity index (χ4n) is 4.35. The SMILES string of the molecule is Cc1ccc2ccccc2c1OCC(=O)N1CC(C)N(Cc2ccc(F)cc2)CC1C. The average molecular weight is 421 g/mol. The molecule has 2 unspecified atom stereocenters. The lowest BCUT2D eigenvalue weighted by Crippen LogP contribution is -2.58. The number of carbonyl (C=O) groups is 1. The van der Waals surface area contributed by atoms with Gasteiger partial charge in [0.15, 0.2) is 6.61 Å². The number of carbonyl (C=O) groups excluding carboxylic acids is 1. The molecule has 31 heavy (non-hydrogen) atoms. The summed E-state index contributed by atoms with van der Waals surface area (Å²) in [6.07, 6.45) is 0. The van der Waals surface area contributed by atoms with Crippen LogP contribution < -0.4 is 4.74 Å². The zero-order chi connectivity index (χ0) is 22.0. The van der Waals surface area contributed by atoms with Gasteiger partial charge >= 0.3 is 0 Å². The summed E-state index contributed by atoms with van der Waals surface area (Å²) in [6, 6.07) is 19.1. The lowest BCUT2D eigenvalue weighted by molar-refractivity contribution is -0.139. The third kappa shape index (κ3) is 4.72. The fraction of sp³-hybridized carbons (Fsp3) is 0.346. The summed E-state index contributed by atoms with van der Waals surface area (Å²) in [5, 5.41) is 2.13. The second-order valence-corrected chi connectivity index (χ2v) is 8.52. The van der Waals surface area contributed by atoms with Crippen LogP contribution in [0.25, 0.3) is 10.8 Å². The van der Waals surface area contributed by atoms with Gasteiger partial charge in [0.2, 0.25) is 0 Å². The van der Waals surface area contributed by atoms with Gasteiger partial charge in [-0.1, -0.05) is 48.5 Å². The van der Waals surface area contributed by atoms with Crippen molar-refractivity contribution in [2.45, 2.75) is 39.4 Å². The van der Waals surface area contributed by atoms with Crippen LogP contribution in [0.15, 0.2) is 60.7 Å². The smallest absolute Gasteiger partial charge is 0.260 e. The third-order valence-corrected chi connectivity index (χ3v) is 6.15. The van der Waals surface area contributed by atoms with Crippen LogP contribution >= 0.6 is 0 Å². The number of aryl methyl sites for hydroxylation is 1. The molecule has 1 aliphatic rings. The third-order valence-electron chi connectivity index (χ3n) is 6.15. The van der Waals surface area contributed by atoms with Crippen molar-refractivity contribution in [1.29, 1.82) is 0 Å². The van der Waals surface area contributed by atoms with E-state index in [-0.39, 0.29) is 30.4 Å². The molecule has 2 atom stereocenters. The topological polar surface area (TPSA) is 32.8 Å². The molecule has 0 aliphatic carbocycles. The Morgan fingerprint density at radius 1 is 1.00 bits per heavy atom. The van der Waals surface area contributed by atoms with Gasteiger partial charge in [0.25, 0.3) is 5.91 Å². The first-order valence-corrected chi connectivity index (χ1v) is 10.8. The predicted octanol–water partition coefficient (Wildman–Crippen LogP) is 4.79. The van der Waals surface area contributed by atoms with Gasteiger partial charge in [-0.3, -0.25) is 9.69 Å². The maximum atomic E-state index is 13.2. The van der Waals surface area contributed by atoms with Crippen molar-refractivity contribution in [3.63, 3.8) is 0 Å². The van der Waals surface area contributed by atoms with E-state index in [4.69, 9.17) is 4.74 Å². The maximum absolute atomic E-state index is 13.2. The Hall–Kier alpha value is -2.92. The van der Waals surface area contributed by atoms with Gasteiger partial charge in [0.1, 0.15) is 11.6 Å².